The number of rotatable bonds is 2. The van der Waals surface area contributed by atoms with E-state index in [1.807, 2.05) is 38.1 Å². The SMILES string of the molecule is CC1(C)Oc2ccccc2C1Nc1ccc(C#N)cc1Cl. The predicted octanol–water partition coefficient (Wildman–Crippen LogP) is 4.54. The standard InChI is InChI=1S/C17H15ClN2O/c1-17(2)16(12-5-3-4-6-15(12)21-17)20-14-8-7-11(10-19)9-13(14)18/h3-9,16,20H,1-2H3. The van der Waals surface area contributed by atoms with Gasteiger partial charge in [-0.1, -0.05) is 29.8 Å². The second-order valence-electron chi connectivity index (χ2n) is 5.63. The van der Waals surface area contributed by atoms with E-state index in [1.54, 1.807) is 12.1 Å². The van der Waals surface area contributed by atoms with Gasteiger partial charge in [0.15, 0.2) is 0 Å². The Bertz CT molecular complexity index is 734. The van der Waals surface area contributed by atoms with Crippen LogP contribution >= 0.6 is 11.6 Å². The molecule has 1 N–H and O–H groups in total. The van der Waals surface area contributed by atoms with Gasteiger partial charge in [0.1, 0.15) is 11.4 Å². The topological polar surface area (TPSA) is 45.0 Å². The van der Waals surface area contributed by atoms with Gasteiger partial charge in [-0.3, -0.25) is 0 Å². The van der Waals surface area contributed by atoms with Gasteiger partial charge < -0.3 is 10.1 Å². The fraction of sp³-hybridized carbons (Fsp3) is 0.235. The van der Waals surface area contributed by atoms with Crippen molar-refractivity contribution in [1.29, 1.82) is 5.26 Å². The van der Waals surface area contributed by atoms with Crippen LogP contribution < -0.4 is 10.1 Å². The van der Waals surface area contributed by atoms with Gasteiger partial charge in [0.05, 0.1) is 28.4 Å². The Morgan fingerprint density at radius 1 is 1.24 bits per heavy atom. The van der Waals surface area contributed by atoms with Crippen molar-refractivity contribution in [2.75, 3.05) is 5.32 Å². The molecule has 2 aromatic carbocycles. The number of fused-ring (bicyclic) bond motifs is 1. The van der Waals surface area contributed by atoms with E-state index in [2.05, 4.69) is 17.5 Å². The Morgan fingerprint density at radius 3 is 2.71 bits per heavy atom. The number of hydrogen-bond donors (Lipinski definition) is 1. The first-order valence-electron chi connectivity index (χ1n) is 6.75. The van der Waals surface area contributed by atoms with Gasteiger partial charge in [-0.2, -0.15) is 5.26 Å². The number of nitrogens with one attached hydrogen (secondary N) is 1. The third kappa shape index (κ3) is 2.43. The van der Waals surface area contributed by atoms with Crippen LogP contribution in [-0.2, 0) is 0 Å². The summed E-state index contributed by atoms with van der Waals surface area (Å²) in [6.45, 7) is 4.09. The lowest BCUT2D eigenvalue weighted by atomic mass is 9.94. The summed E-state index contributed by atoms with van der Waals surface area (Å²) in [5, 5.41) is 12.9. The Morgan fingerprint density at radius 2 is 2.00 bits per heavy atom. The van der Waals surface area contributed by atoms with Crippen LogP contribution in [0.15, 0.2) is 42.5 Å². The summed E-state index contributed by atoms with van der Waals surface area (Å²) >= 11 is 6.25. The first kappa shape index (κ1) is 13.8. The van der Waals surface area contributed by atoms with E-state index >= 15 is 0 Å². The summed E-state index contributed by atoms with van der Waals surface area (Å²) in [5.74, 6) is 0.893. The number of para-hydroxylation sites is 1. The van der Waals surface area contributed by atoms with Crippen molar-refractivity contribution >= 4 is 17.3 Å². The van der Waals surface area contributed by atoms with Crippen molar-refractivity contribution in [3.05, 3.63) is 58.6 Å². The minimum Gasteiger partial charge on any atom is -0.485 e. The molecule has 3 nitrogen and oxygen atoms in total. The van der Waals surface area contributed by atoms with Crippen LogP contribution in [0, 0.1) is 11.3 Å². The van der Waals surface area contributed by atoms with E-state index in [9.17, 15) is 0 Å². The Labute approximate surface area is 129 Å². The molecule has 2 aromatic rings. The van der Waals surface area contributed by atoms with Crippen molar-refractivity contribution in [2.24, 2.45) is 0 Å². The number of halogens is 1. The predicted molar refractivity (Wildman–Crippen MR) is 83.7 cm³/mol. The molecule has 21 heavy (non-hydrogen) atoms. The molecule has 1 aliphatic heterocycles. The van der Waals surface area contributed by atoms with Gasteiger partial charge in [0.25, 0.3) is 0 Å². The van der Waals surface area contributed by atoms with Crippen molar-refractivity contribution in [3.8, 4) is 11.8 Å². The molecule has 4 heteroatoms. The molecule has 0 fully saturated rings. The molecule has 0 saturated carbocycles. The minimum atomic E-state index is -0.374. The summed E-state index contributed by atoms with van der Waals surface area (Å²) in [5.41, 5.74) is 2.09. The quantitative estimate of drug-likeness (QED) is 0.885. The number of ether oxygens (including phenoxy) is 1. The zero-order chi connectivity index (χ0) is 15.0. The highest BCUT2D eigenvalue weighted by atomic mass is 35.5. The van der Waals surface area contributed by atoms with Gasteiger partial charge in [-0.25, -0.2) is 0 Å². The highest BCUT2D eigenvalue weighted by molar-refractivity contribution is 6.33. The molecule has 3 rings (SSSR count). The number of nitrogens with zero attached hydrogens (tertiary/aromatic N) is 1. The monoisotopic (exact) mass is 298 g/mol. The molecule has 1 heterocycles. The summed E-state index contributed by atoms with van der Waals surface area (Å²) < 4.78 is 6.01. The van der Waals surface area contributed by atoms with Crippen LogP contribution in [0.2, 0.25) is 5.02 Å². The summed E-state index contributed by atoms with van der Waals surface area (Å²) in [7, 11) is 0. The Hall–Kier alpha value is -2.18. The van der Waals surface area contributed by atoms with Gasteiger partial charge in [-0.05, 0) is 38.1 Å². The lowest BCUT2D eigenvalue weighted by Crippen LogP contribution is -2.34. The second-order valence-corrected chi connectivity index (χ2v) is 6.03. The van der Waals surface area contributed by atoms with Gasteiger partial charge in [0.2, 0.25) is 0 Å². The average molecular weight is 299 g/mol. The normalized spacial score (nSPS) is 18.5. The third-order valence-electron chi connectivity index (χ3n) is 3.70. The lowest BCUT2D eigenvalue weighted by Gasteiger charge is -2.28. The van der Waals surface area contributed by atoms with Crippen LogP contribution in [0.4, 0.5) is 5.69 Å². The van der Waals surface area contributed by atoms with Crippen LogP contribution in [0.25, 0.3) is 0 Å². The lowest BCUT2D eigenvalue weighted by molar-refractivity contribution is 0.118. The summed E-state index contributed by atoms with van der Waals surface area (Å²) in [6, 6.07) is 15.3. The maximum absolute atomic E-state index is 8.90. The molecule has 106 valence electrons. The smallest absolute Gasteiger partial charge is 0.128 e. The molecule has 1 atom stereocenters. The summed E-state index contributed by atoms with van der Waals surface area (Å²) in [6.07, 6.45) is 0. The average Bonchev–Trinajstić information content (AvgIpc) is 2.71. The van der Waals surface area contributed by atoms with Gasteiger partial charge in [-0.15, -0.1) is 0 Å². The van der Waals surface area contributed by atoms with Crippen molar-refractivity contribution in [2.45, 2.75) is 25.5 Å². The maximum atomic E-state index is 8.90. The zero-order valence-corrected chi connectivity index (χ0v) is 12.6. The van der Waals surface area contributed by atoms with E-state index in [4.69, 9.17) is 21.6 Å². The molecule has 0 spiro atoms. The van der Waals surface area contributed by atoms with E-state index in [1.165, 1.54) is 0 Å². The Kier molecular flexibility index (Phi) is 3.27. The van der Waals surface area contributed by atoms with Crippen LogP contribution in [0.5, 0.6) is 5.75 Å². The molecule has 1 aliphatic rings. The molecule has 0 radical (unpaired) electrons. The number of nitriles is 1. The zero-order valence-electron chi connectivity index (χ0n) is 11.9. The molecule has 0 bridgehead atoms. The van der Waals surface area contributed by atoms with E-state index < -0.39 is 0 Å². The van der Waals surface area contributed by atoms with Gasteiger partial charge >= 0.3 is 0 Å². The highest BCUT2D eigenvalue weighted by Gasteiger charge is 2.41. The fourth-order valence-electron chi connectivity index (χ4n) is 2.64. The molecule has 0 amide bonds. The van der Waals surface area contributed by atoms with E-state index in [-0.39, 0.29) is 11.6 Å². The van der Waals surface area contributed by atoms with Crippen LogP contribution in [0.3, 0.4) is 0 Å². The second kappa shape index (κ2) is 4.98. The largest absolute Gasteiger partial charge is 0.485 e. The summed E-state index contributed by atoms with van der Waals surface area (Å²) in [4.78, 5) is 0. The highest BCUT2D eigenvalue weighted by Crippen LogP contribution is 2.45. The molecule has 1 unspecified atom stereocenters. The minimum absolute atomic E-state index is 0.000800. The number of anilines is 1. The first-order chi connectivity index (χ1) is 10.0. The first-order valence-corrected chi connectivity index (χ1v) is 7.13. The molecule has 0 aliphatic carbocycles. The molecule has 0 aromatic heterocycles. The fourth-order valence-corrected chi connectivity index (χ4v) is 2.87. The molecular formula is C17H15ClN2O. The van der Waals surface area contributed by atoms with Gasteiger partial charge in [0, 0.05) is 5.56 Å². The molecular weight excluding hydrogens is 284 g/mol. The van der Waals surface area contributed by atoms with Crippen LogP contribution in [-0.4, -0.2) is 5.60 Å². The van der Waals surface area contributed by atoms with Crippen molar-refractivity contribution < 1.29 is 4.74 Å². The Balaban J connectivity index is 1.96. The van der Waals surface area contributed by atoms with E-state index in [0.717, 1.165) is 17.0 Å². The molecule has 0 saturated heterocycles. The van der Waals surface area contributed by atoms with Crippen LogP contribution in [0.1, 0.15) is 31.0 Å². The number of benzene rings is 2. The number of hydrogen-bond acceptors (Lipinski definition) is 3. The van der Waals surface area contributed by atoms with E-state index in [0.29, 0.717) is 10.6 Å². The third-order valence-corrected chi connectivity index (χ3v) is 4.01. The van der Waals surface area contributed by atoms with Crippen molar-refractivity contribution in [3.63, 3.8) is 0 Å². The van der Waals surface area contributed by atoms with Crippen molar-refractivity contribution in [1.82, 2.24) is 0 Å². The maximum Gasteiger partial charge on any atom is 0.128 e.